The number of carboxylic acid groups (broad SMARTS) is 1. The van der Waals surface area contributed by atoms with Gasteiger partial charge in [-0.2, -0.15) is 0 Å². The molecule has 0 spiro atoms. The number of hydrogen-bond donors (Lipinski definition) is 2. The number of rotatable bonds is 7. The van der Waals surface area contributed by atoms with E-state index >= 15 is 0 Å². The van der Waals surface area contributed by atoms with Crippen molar-refractivity contribution in [1.29, 1.82) is 0 Å². The molecule has 0 unspecified atom stereocenters. The predicted octanol–water partition coefficient (Wildman–Crippen LogP) is 0.989. The monoisotopic (exact) mass is 534 g/mol. The fourth-order valence-electron chi connectivity index (χ4n) is 4.99. The normalized spacial score (nSPS) is 25.5. The van der Waals surface area contributed by atoms with Crippen LogP contribution in [-0.2, 0) is 24.0 Å². The fourth-order valence-corrected chi connectivity index (χ4v) is 6.67. The van der Waals surface area contributed by atoms with E-state index in [9.17, 15) is 38.3 Å². The molecule has 0 bridgehead atoms. The number of halogens is 1. The number of amides is 5. The van der Waals surface area contributed by atoms with E-state index in [0.717, 1.165) is 17.0 Å². The van der Waals surface area contributed by atoms with Gasteiger partial charge in [0.05, 0.1) is 11.3 Å². The number of piperazine rings is 1. The summed E-state index contributed by atoms with van der Waals surface area (Å²) in [5, 5.41) is 11.6. The van der Waals surface area contributed by atoms with Crippen molar-refractivity contribution in [2.24, 2.45) is 5.92 Å². The number of thioether (sulfide) groups is 1. The highest BCUT2D eigenvalue weighted by atomic mass is 32.2. The van der Waals surface area contributed by atoms with Crippen LogP contribution in [0.2, 0.25) is 0 Å². The van der Waals surface area contributed by atoms with Crippen molar-refractivity contribution in [3.05, 3.63) is 35.6 Å². The smallest absolute Gasteiger partial charge is 0.327 e. The quantitative estimate of drug-likeness (QED) is 0.389. The van der Waals surface area contributed by atoms with Gasteiger partial charge in [-0.25, -0.2) is 14.0 Å². The number of nitrogens with one attached hydrogen (secondary N) is 1. The first-order valence-corrected chi connectivity index (χ1v) is 12.7. The molecule has 5 amide bonds. The number of likely N-dealkylation sites (N-methyl/N-ethyl adjacent to an activating group) is 1. The van der Waals surface area contributed by atoms with Gasteiger partial charge in [-0.15, -0.1) is 11.8 Å². The van der Waals surface area contributed by atoms with Crippen molar-refractivity contribution in [3.8, 4) is 0 Å². The molecule has 0 saturated carbocycles. The summed E-state index contributed by atoms with van der Waals surface area (Å²) in [5.74, 6) is -5.38. The number of fused-ring (bicyclic) bond motifs is 1. The number of Topliss-reactive ketones (excluding diaryl/α,β-unsaturated/α-hetero) is 1. The maximum Gasteiger partial charge on any atom is 0.327 e. The number of aliphatic carboxylic acids is 1. The highest BCUT2D eigenvalue weighted by Gasteiger charge is 2.63. The molecule has 0 radical (unpaired) electrons. The van der Waals surface area contributed by atoms with Gasteiger partial charge in [0.25, 0.3) is 0 Å². The highest BCUT2D eigenvalue weighted by Crippen LogP contribution is 2.54. The van der Waals surface area contributed by atoms with E-state index in [1.807, 2.05) is 0 Å². The minimum Gasteiger partial charge on any atom is -0.480 e. The van der Waals surface area contributed by atoms with Gasteiger partial charge in [0.2, 0.25) is 5.91 Å². The molecule has 3 fully saturated rings. The summed E-state index contributed by atoms with van der Waals surface area (Å²) >= 11 is 1.30. The van der Waals surface area contributed by atoms with Crippen LogP contribution in [0, 0.1) is 11.7 Å². The molecular weight excluding hydrogens is 507 g/mol. The molecule has 13 heteroatoms. The molecule has 198 valence electrons. The lowest BCUT2D eigenvalue weighted by Gasteiger charge is -2.43. The Morgan fingerprint density at radius 3 is 2.38 bits per heavy atom. The summed E-state index contributed by atoms with van der Waals surface area (Å²) in [6, 6.07) is 1.53. The van der Waals surface area contributed by atoms with Crippen LogP contribution in [0.15, 0.2) is 24.3 Å². The Labute approximate surface area is 216 Å². The zero-order valence-corrected chi connectivity index (χ0v) is 21.3. The number of carbonyl (C=O) groups excluding carboxylic acids is 5. The largest absolute Gasteiger partial charge is 0.480 e. The Bertz CT molecular complexity index is 1170. The van der Waals surface area contributed by atoms with Gasteiger partial charge in [-0.05, 0) is 38.5 Å². The number of ketones is 1. The van der Waals surface area contributed by atoms with Crippen LogP contribution in [0.5, 0.6) is 0 Å². The molecule has 0 aliphatic carbocycles. The molecule has 0 aromatic heterocycles. The van der Waals surface area contributed by atoms with Gasteiger partial charge in [-0.1, -0.05) is 12.1 Å². The van der Waals surface area contributed by atoms with Gasteiger partial charge < -0.3 is 20.2 Å². The fraction of sp³-hybridized carbons (Fsp3) is 0.500. The number of carboxylic acids is 1. The van der Waals surface area contributed by atoms with Crippen LogP contribution in [-0.4, -0.2) is 91.1 Å². The lowest BCUT2D eigenvalue weighted by Crippen LogP contribution is -2.63. The maximum atomic E-state index is 13.5. The predicted molar refractivity (Wildman–Crippen MR) is 128 cm³/mol. The topological polar surface area (TPSA) is 144 Å². The third-order valence-corrected chi connectivity index (χ3v) is 8.56. The third kappa shape index (κ3) is 4.67. The first-order chi connectivity index (χ1) is 17.4. The van der Waals surface area contributed by atoms with Crippen LogP contribution in [0.25, 0.3) is 0 Å². The Morgan fingerprint density at radius 2 is 1.78 bits per heavy atom. The first-order valence-electron chi connectivity index (χ1n) is 11.8. The van der Waals surface area contributed by atoms with Crippen molar-refractivity contribution in [1.82, 2.24) is 20.0 Å². The van der Waals surface area contributed by atoms with E-state index in [2.05, 4.69) is 5.32 Å². The zero-order valence-electron chi connectivity index (χ0n) is 20.5. The van der Waals surface area contributed by atoms with Gasteiger partial charge in [0.15, 0.2) is 5.78 Å². The van der Waals surface area contributed by atoms with Crippen LogP contribution >= 0.6 is 11.8 Å². The lowest BCUT2D eigenvalue weighted by atomic mass is 9.86. The second kappa shape index (κ2) is 9.77. The molecule has 4 atom stereocenters. The van der Waals surface area contributed by atoms with Crippen molar-refractivity contribution in [2.75, 3.05) is 19.6 Å². The average Bonchev–Trinajstić information content (AvgIpc) is 3.10. The Balaban J connectivity index is 1.53. The lowest BCUT2D eigenvalue weighted by molar-refractivity contribution is -0.164. The van der Waals surface area contributed by atoms with Gasteiger partial charge in [0, 0.05) is 30.8 Å². The van der Waals surface area contributed by atoms with Gasteiger partial charge in [-0.3, -0.25) is 24.1 Å². The van der Waals surface area contributed by atoms with Crippen molar-refractivity contribution in [2.45, 2.75) is 49.4 Å². The summed E-state index contributed by atoms with van der Waals surface area (Å²) in [6.07, 6.45) is -0.297. The standard InChI is InChI=1S/C24H27FN4O7S/c1-4-27-9-10-28(20(33)19(27)32)23(36)26-16(12-5-7-13(25)8-6-12)15(30)11-14-18(31)29-17(22(34)35)24(2,3)37-21(14)29/h5-8,14,16-17,21H,4,9-11H2,1-3H3,(H,26,36)(H,34,35)/t14-,16-,17+,21-/m1/s1. The van der Waals surface area contributed by atoms with E-state index in [4.69, 9.17) is 0 Å². The zero-order chi connectivity index (χ0) is 27.2. The molecular formula is C24H27FN4O7S. The minimum absolute atomic E-state index is 0.0605. The van der Waals surface area contributed by atoms with Crippen LogP contribution in [0.1, 0.15) is 38.8 Å². The molecule has 3 heterocycles. The van der Waals surface area contributed by atoms with E-state index in [-0.39, 0.29) is 25.1 Å². The van der Waals surface area contributed by atoms with Crippen LogP contribution < -0.4 is 5.32 Å². The number of carbonyl (C=O) groups is 6. The molecule has 37 heavy (non-hydrogen) atoms. The molecule has 3 aliphatic heterocycles. The van der Waals surface area contributed by atoms with Gasteiger partial charge >= 0.3 is 23.8 Å². The summed E-state index contributed by atoms with van der Waals surface area (Å²) in [5.41, 5.74) is 0.233. The number of benzene rings is 1. The molecule has 1 aromatic rings. The summed E-state index contributed by atoms with van der Waals surface area (Å²) < 4.78 is 12.8. The Hall–Kier alpha value is -3.48. The van der Waals surface area contributed by atoms with E-state index in [0.29, 0.717) is 6.54 Å². The van der Waals surface area contributed by atoms with Crippen molar-refractivity contribution < 1.29 is 38.3 Å². The Kier molecular flexibility index (Phi) is 7.01. The molecule has 3 saturated heterocycles. The number of β-lactam (4-membered cyclic amide) rings is 1. The summed E-state index contributed by atoms with van der Waals surface area (Å²) in [4.78, 5) is 79.0. The van der Waals surface area contributed by atoms with E-state index in [1.165, 1.54) is 33.7 Å². The van der Waals surface area contributed by atoms with Crippen molar-refractivity contribution in [3.63, 3.8) is 0 Å². The number of nitrogens with zero attached hydrogens (tertiary/aromatic N) is 3. The molecule has 3 aliphatic rings. The van der Waals surface area contributed by atoms with E-state index in [1.54, 1.807) is 20.8 Å². The minimum atomic E-state index is -1.32. The van der Waals surface area contributed by atoms with Crippen molar-refractivity contribution >= 4 is 47.3 Å². The maximum absolute atomic E-state index is 13.5. The highest BCUT2D eigenvalue weighted by molar-refractivity contribution is 8.01. The molecule has 4 rings (SSSR count). The summed E-state index contributed by atoms with van der Waals surface area (Å²) in [7, 11) is 0. The molecule has 1 aromatic carbocycles. The Morgan fingerprint density at radius 1 is 1.14 bits per heavy atom. The number of urea groups is 1. The molecule has 2 N–H and O–H groups in total. The third-order valence-electron chi connectivity index (χ3n) is 6.94. The average molecular weight is 535 g/mol. The number of hydrogen-bond acceptors (Lipinski definition) is 7. The van der Waals surface area contributed by atoms with Gasteiger partial charge in [0.1, 0.15) is 17.9 Å². The SMILES string of the molecule is CCN1CCN(C(=O)N[C@@H](C(=O)C[C@@H]2C(=O)N3[C@@H]2SC(C)(C)[C@@H]3C(=O)O)c2ccc(F)cc2)C(=O)C1=O. The number of imide groups is 1. The summed E-state index contributed by atoms with van der Waals surface area (Å²) in [6.45, 7) is 5.54. The second-order valence-electron chi connectivity index (χ2n) is 9.65. The molecule has 11 nitrogen and oxygen atoms in total. The first kappa shape index (κ1) is 26.6. The second-order valence-corrected chi connectivity index (χ2v) is 11.4. The van der Waals surface area contributed by atoms with E-state index < -0.39 is 69.4 Å². The van der Waals surface area contributed by atoms with Crippen LogP contribution in [0.3, 0.4) is 0 Å². The van der Waals surface area contributed by atoms with Crippen LogP contribution in [0.4, 0.5) is 9.18 Å².